The molecule has 1 aliphatic rings. The largest absolute Gasteiger partial charge is 0.445 e. The van der Waals surface area contributed by atoms with Crippen molar-refractivity contribution in [1.29, 1.82) is 0 Å². The van der Waals surface area contributed by atoms with Gasteiger partial charge < -0.3 is 15.2 Å². The second-order valence-corrected chi connectivity index (χ2v) is 5.05. The first-order chi connectivity index (χ1) is 9.74. The van der Waals surface area contributed by atoms with E-state index in [2.05, 4.69) is 5.32 Å². The number of amides is 1. The second-order valence-electron chi connectivity index (χ2n) is 5.05. The summed E-state index contributed by atoms with van der Waals surface area (Å²) in [6.45, 7) is 0.270. The number of alkyl carbamates (subject to hydrolysis) is 1. The molecule has 0 unspecified atom stereocenters. The van der Waals surface area contributed by atoms with Gasteiger partial charge in [0.2, 0.25) is 0 Å². The van der Waals surface area contributed by atoms with Crippen LogP contribution in [0, 0.1) is 0 Å². The summed E-state index contributed by atoms with van der Waals surface area (Å²) in [6, 6.07) is 9.52. The van der Waals surface area contributed by atoms with Crippen molar-refractivity contribution >= 4 is 6.09 Å². The van der Waals surface area contributed by atoms with Crippen molar-refractivity contribution in [3.05, 3.63) is 48.0 Å². The summed E-state index contributed by atoms with van der Waals surface area (Å²) in [7, 11) is 0. The van der Waals surface area contributed by atoms with Crippen LogP contribution < -0.4 is 5.32 Å². The van der Waals surface area contributed by atoms with E-state index in [1.807, 2.05) is 36.4 Å². The van der Waals surface area contributed by atoms with Crippen LogP contribution in [0.1, 0.15) is 31.2 Å². The highest BCUT2D eigenvalue weighted by Crippen LogP contribution is 2.12. The molecule has 1 amide bonds. The fraction of sp³-hybridized carbons (Fsp3) is 0.438. The van der Waals surface area contributed by atoms with E-state index in [0.29, 0.717) is 0 Å². The zero-order valence-corrected chi connectivity index (χ0v) is 11.5. The average molecular weight is 275 g/mol. The predicted molar refractivity (Wildman–Crippen MR) is 77.2 cm³/mol. The number of rotatable bonds is 3. The summed E-state index contributed by atoms with van der Waals surface area (Å²) in [5.74, 6) is 0. The van der Waals surface area contributed by atoms with Gasteiger partial charge >= 0.3 is 6.09 Å². The minimum atomic E-state index is -0.418. The SMILES string of the molecule is O=C(N[C@@H]1C=C[C@H](O)CCCC1)OCc1ccccc1. The Labute approximate surface area is 119 Å². The Morgan fingerprint density at radius 3 is 2.75 bits per heavy atom. The third-order valence-corrected chi connectivity index (χ3v) is 3.35. The standard InChI is InChI=1S/C16H21NO3/c18-15-9-5-4-8-14(10-11-15)17-16(19)20-12-13-6-2-1-3-7-13/h1-3,6-7,10-11,14-15,18H,4-5,8-9,12H2,(H,17,19)/t14-,15+/m0/s1. The van der Waals surface area contributed by atoms with Gasteiger partial charge in [0.15, 0.2) is 0 Å². The number of aliphatic hydroxyl groups excluding tert-OH is 1. The van der Waals surface area contributed by atoms with Gasteiger partial charge in [-0.15, -0.1) is 0 Å². The summed E-state index contributed by atoms with van der Waals surface area (Å²) < 4.78 is 5.18. The van der Waals surface area contributed by atoms with Crippen molar-refractivity contribution in [2.24, 2.45) is 0 Å². The molecule has 20 heavy (non-hydrogen) atoms. The lowest BCUT2D eigenvalue weighted by Crippen LogP contribution is -2.34. The highest BCUT2D eigenvalue weighted by Gasteiger charge is 2.13. The Hall–Kier alpha value is -1.81. The van der Waals surface area contributed by atoms with Crippen molar-refractivity contribution in [1.82, 2.24) is 5.32 Å². The molecule has 0 aromatic heterocycles. The molecule has 2 rings (SSSR count). The molecule has 0 spiro atoms. The van der Waals surface area contributed by atoms with E-state index in [-0.39, 0.29) is 12.6 Å². The molecule has 0 radical (unpaired) electrons. The number of ether oxygens (including phenoxy) is 1. The van der Waals surface area contributed by atoms with Crippen LogP contribution >= 0.6 is 0 Å². The molecule has 4 nitrogen and oxygen atoms in total. The topological polar surface area (TPSA) is 58.6 Å². The van der Waals surface area contributed by atoms with Gasteiger partial charge in [0.05, 0.1) is 12.1 Å². The van der Waals surface area contributed by atoms with E-state index in [4.69, 9.17) is 4.74 Å². The Kier molecular flexibility index (Phi) is 5.62. The molecule has 0 saturated heterocycles. The number of nitrogens with one attached hydrogen (secondary N) is 1. The molecule has 1 aliphatic carbocycles. The van der Waals surface area contributed by atoms with E-state index in [1.54, 1.807) is 6.08 Å². The molecule has 0 heterocycles. The Balaban J connectivity index is 1.78. The van der Waals surface area contributed by atoms with E-state index >= 15 is 0 Å². The van der Waals surface area contributed by atoms with Crippen molar-refractivity contribution < 1.29 is 14.6 Å². The number of carbonyl (C=O) groups excluding carboxylic acids is 1. The van der Waals surface area contributed by atoms with E-state index in [1.165, 1.54) is 0 Å². The van der Waals surface area contributed by atoms with Crippen LogP contribution in [-0.2, 0) is 11.3 Å². The van der Waals surface area contributed by atoms with E-state index < -0.39 is 12.2 Å². The lowest BCUT2D eigenvalue weighted by Gasteiger charge is -2.18. The first kappa shape index (κ1) is 14.6. The molecule has 0 aliphatic heterocycles. The molecule has 2 N–H and O–H groups in total. The maximum atomic E-state index is 11.7. The third-order valence-electron chi connectivity index (χ3n) is 3.35. The van der Waals surface area contributed by atoms with Crippen LogP contribution in [-0.4, -0.2) is 23.3 Å². The lowest BCUT2D eigenvalue weighted by atomic mass is 10.0. The van der Waals surface area contributed by atoms with E-state index in [0.717, 1.165) is 31.2 Å². The first-order valence-electron chi connectivity index (χ1n) is 7.07. The molecule has 0 saturated carbocycles. The van der Waals surface area contributed by atoms with Crippen LogP contribution in [0.15, 0.2) is 42.5 Å². The van der Waals surface area contributed by atoms with Crippen molar-refractivity contribution in [3.8, 4) is 0 Å². The van der Waals surface area contributed by atoms with Gasteiger partial charge in [0, 0.05) is 0 Å². The molecule has 108 valence electrons. The van der Waals surface area contributed by atoms with Gasteiger partial charge in [-0.1, -0.05) is 55.3 Å². The minimum absolute atomic E-state index is 0.0618. The van der Waals surface area contributed by atoms with Crippen LogP contribution in [0.3, 0.4) is 0 Å². The molecular formula is C16H21NO3. The van der Waals surface area contributed by atoms with Gasteiger partial charge in [-0.05, 0) is 18.4 Å². The first-order valence-corrected chi connectivity index (χ1v) is 7.07. The van der Waals surface area contributed by atoms with Crippen molar-refractivity contribution in [2.75, 3.05) is 0 Å². The molecule has 0 fully saturated rings. The maximum absolute atomic E-state index is 11.7. The van der Waals surface area contributed by atoms with Crippen LogP contribution in [0.25, 0.3) is 0 Å². The summed E-state index contributed by atoms with van der Waals surface area (Å²) in [6.07, 6.45) is 6.42. The van der Waals surface area contributed by atoms with Crippen molar-refractivity contribution in [3.63, 3.8) is 0 Å². The van der Waals surface area contributed by atoms with Crippen LogP contribution in [0.5, 0.6) is 0 Å². The number of aliphatic hydroxyl groups is 1. The predicted octanol–water partition coefficient (Wildman–Crippen LogP) is 2.77. The molecule has 4 heteroatoms. The number of carbonyl (C=O) groups is 1. The lowest BCUT2D eigenvalue weighted by molar-refractivity contribution is 0.136. The van der Waals surface area contributed by atoms with E-state index in [9.17, 15) is 9.90 Å². The molecular weight excluding hydrogens is 254 g/mol. The summed E-state index contributed by atoms with van der Waals surface area (Å²) in [4.78, 5) is 11.7. The van der Waals surface area contributed by atoms with Gasteiger partial charge in [-0.25, -0.2) is 4.79 Å². The average Bonchev–Trinajstić information content (AvgIpc) is 2.45. The highest BCUT2D eigenvalue weighted by atomic mass is 16.5. The van der Waals surface area contributed by atoms with Gasteiger partial charge in [-0.2, -0.15) is 0 Å². The van der Waals surface area contributed by atoms with Gasteiger partial charge in [-0.3, -0.25) is 0 Å². The van der Waals surface area contributed by atoms with Crippen LogP contribution in [0.4, 0.5) is 4.79 Å². The van der Waals surface area contributed by atoms with Crippen LogP contribution in [0.2, 0.25) is 0 Å². The fourth-order valence-corrected chi connectivity index (χ4v) is 2.21. The summed E-state index contributed by atoms with van der Waals surface area (Å²) in [5.41, 5.74) is 0.964. The molecule has 0 bridgehead atoms. The Bertz CT molecular complexity index is 444. The van der Waals surface area contributed by atoms with Crippen molar-refractivity contribution in [2.45, 2.75) is 44.4 Å². The van der Waals surface area contributed by atoms with Gasteiger partial charge in [0.1, 0.15) is 6.61 Å². The molecule has 2 atom stereocenters. The third kappa shape index (κ3) is 5.05. The maximum Gasteiger partial charge on any atom is 0.407 e. The summed E-state index contributed by atoms with van der Waals surface area (Å²) >= 11 is 0. The molecule has 1 aromatic rings. The number of hydrogen-bond donors (Lipinski definition) is 2. The fourth-order valence-electron chi connectivity index (χ4n) is 2.21. The Morgan fingerprint density at radius 2 is 1.95 bits per heavy atom. The zero-order valence-electron chi connectivity index (χ0n) is 11.5. The normalized spacial score (nSPS) is 22.6. The summed E-state index contributed by atoms with van der Waals surface area (Å²) in [5, 5.41) is 12.4. The zero-order chi connectivity index (χ0) is 14.2. The highest BCUT2D eigenvalue weighted by molar-refractivity contribution is 5.67. The molecule has 1 aromatic carbocycles. The smallest absolute Gasteiger partial charge is 0.407 e. The number of benzene rings is 1. The Morgan fingerprint density at radius 1 is 1.20 bits per heavy atom. The number of hydrogen-bond acceptors (Lipinski definition) is 3. The second kappa shape index (κ2) is 7.70. The monoisotopic (exact) mass is 275 g/mol. The minimum Gasteiger partial charge on any atom is -0.445 e. The quantitative estimate of drug-likeness (QED) is 0.834. The van der Waals surface area contributed by atoms with Gasteiger partial charge in [0.25, 0.3) is 0 Å².